The number of fused-ring (bicyclic) bond motifs is 1. The van der Waals surface area contributed by atoms with Crippen molar-refractivity contribution >= 4 is 28.5 Å². The van der Waals surface area contributed by atoms with E-state index >= 15 is 0 Å². The Morgan fingerprint density at radius 3 is 2.83 bits per heavy atom. The van der Waals surface area contributed by atoms with Crippen molar-refractivity contribution in [1.29, 1.82) is 0 Å². The number of Topliss-reactive ketones (excluding diaryl/α,β-unsaturated/α-hetero) is 1. The zero-order valence-corrected chi connectivity index (χ0v) is 13.7. The van der Waals surface area contributed by atoms with Crippen LogP contribution >= 0.6 is 0 Å². The first-order valence-electron chi connectivity index (χ1n) is 6.92. The first kappa shape index (κ1) is 16.1. The molecule has 3 rings (SSSR count). The van der Waals surface area contributed by atoms with Crippen LogP contribution in [-0.4, -0.2) is 31.6 Å². The summed E-state index contributed by atoms with van der Waals surface area (Å²) < 4.78 is 19.2. The standard InChI is InChI=1S/C15H13N3O5S/c1-17-13(16-8-14(17)18(20)21)7-9-6-10(19)15-11(23-2)4-3-5-12(15)24(9)22/h3-5,7-8H,6H2,1-2H3/b9-7-. The van der Waals surface area contributed by atoms with Gasteiger partial charge in [-0.25, -0.2) is 13.8 Å². The summed E-state index contributed by atoms with van der Waals surface area (Å²) >= 11 is 0. The molecule has 0 radical (unpaired) electrons. The van der Waals surface area contributed by atoms with Gasteiger partial charge in [-0.2, -0.15) is 0 Å². The van der Waals surface area contributed by atoms with E-state index in [-0.39, 0.29) is 23.8 Å². The van der Waals surface area contributed by atoms with Gasteiger partial charge in [-0.15, -0.1) is 0 Å². The van der Waals surface area contributed by atoms with Crippen molar-refractivity contribution in [3.63, 3.8) is 0 Å². The summed E-state index contributed by atoms with van der Waals surface area (Å²) in [4.78, 5) is 27.4. The highest BCUT2D eigenvalue weighted by molar-refractivity contribution is 7.89. The van der Waals surface area contributed by atoms with E-state index in [9.17, 15) is 19.1 Å². The summed E-state index contributed by atoms with van der Waals surface area (Å²) in [6.07, 6.45) is 2.53. The second kappa shape index (κ2) is 6.00. The van der Waals surface area contributed by atoms with E-state index in [4.69, 9.17) is 4.74 Å². The van der Waals surface area contributed by atoms with Crippen LogP contribution < -0.4 is 4.74 Å². The minimum atomic E-state index is -1.56. The molecule has 0 saturated carbocycles. The summed E-state index contributed by atoms with van der Waals surface area (Å²) in [5.74, 6) is 0.260. The third kappa shape index (κ3) is 2.52. The molecule has 8 nitrogen and oxygen atoms in total. The molecule has 24 heavy (non-hydrogen) atoms. The van der Waals surface area contributed by atoms with Crippen LogP contribution in [0.5, 0.6) is 5.75 Å². The van der Waals surface area contributed by atoms with Crippen LogP contribution in [-0.2, 0) is 17.8 Å². The van der Waals surface area contributed by atoms with Gasteiger partial charge in [0.1, 0.15) is 11.9 Å². The van der Waals surface area contributed by atoms with E-state index in [2.05, 4.69) is 4.98 Å². The minimum Gasteiger partial charge on any atom is -0.496 e. The average Bonchev–Trinajstić information content (AvgIpc) is 2.92. The Hall–Kier alpha value is -2.81. The van der Waals surface area contributed by atoms with Gasteiger partial charge in [-0.3, -0.25) is 4.79 Å². The van der Waals surface area contributed by atoms with Crippen LogP contribution in [0, 0.1) is 10.1 Å². The number of hydrogen-bond donors (Lipinski definition) is 0. The van der Waals surface area contributed by atoms with Crippen LogP contribution in [0.1, 0.15) is 22.6 Å². The number of benzene rings is 1. The number of ketones is 1. The van der Waals surface area contributed by atoms with E-state index in [1.54, 1.807) is 18.2 Å². The van der Waals surface area contributed by atoms with E-state index < -0.39 is 15.7 Å². The molecule has 0 spiro atoms. The average molecular weight is 347 g/mol. The molecule has 0 saturated heterocycles. The maximum Gasteiger partial charge on any atom is 0.342 e. The Morgan fingerprint density at radius 2 is 2.21 bits per heavy atom. The van der Waals surface area contributed by atoms with Crippen molar-refractivity contribution in [2.24, 2.45) is 7.05 Å². The smallest absolute Gasteiger partial charge is 0.342 e. The Labute approximate surface area is 139 Å². The zero-order valence-electron chi connectivity index (χ0n) is 12.9. The van der Waals surface area contributed by atoms with Gasteiger partial charge in [-0.05, 0) is 17.1 Å². The van der Waals surface area contributed by atoms with E-state index in [0.717, 1.165) is 6.20 Å². The summed E-state index contributed by atoms with van der Waals surface area (Å²) in [6.45, 7) is 0. The second-order valence-electron chi connectivity index (χ2n) is 5.10. The third-order valence-electron chi connectivity index (χ3n) is 3.74. The molecule has 1 unspecified atom stereocenters. The largest absolute Gasteiger partial charge is 0.496 e. The molecule has 1 aromatic carbocycles. The number of hydrogen-bond acceptors (Lipinski definition) is 6. The lowest BCUT2D eigenvalue weighted by molar-refractivity contribution is -0.391. The van der Waals surface area contributed by atoms with Crippen LogP contribution in [0.2, 0.25) is 0 Å². The number of carbonyl (C=O) groups excluding carboxylic acids is 1. The second-order valence-corrected chi connectivity index (χ2v) is 6.61. The van der Waals surface area contributed by atoms with Crippen molar-refractivity contribution in [2.75, 3.05) is 7.11 Å². The molecule has 0 amide bonds. The van der Waals surface area contributed by atoms with E-state index in [1.807, 2.05) is 0 Å². The van der Waals surface area contributed by atoms with Crippen molar-refractivity contribution < 1.29 is 18.7 Å². The van der Waals surface area contributed by atoms with Crippen molar-refractivity contribution in [2.45, 2.75) is 11.3 Å². The number of ether oxygens (including phenoxy) is 1. The summed E-state index contributed by atoms with van der Waals surface area (Å²) in [7, 11) is 1.38. The number of allylic oxidation sites excluding steroid dienone is 1. The van der Waals surface area contributed by atoms with Crippen molar-refractivity contribution in [3.05, 3.63) is 50.8 Å². The molecule has 0 bridgehead atoms. The molecule has 9 heteroatoms. The number of methoxy groups -OCH3 is 1. The third-order valence-corrected chi connectivity index (χ3v) is 5.21. The Kier molecular flexibility index (Phi) is 4.02. The monoisotopic (exact) mass is 347 g/mol. The fourth-order valence-electron chi connectivity index (χ4n) is 2.53. The highest BCUT2D eigenvalue weighted by Gasteiger charge is 2.30. The zero-order chi connectivity index (χ0) is 17.4. The molecular weight excluding hydrogens is 334 g/mol. The van der Waals surface area contributed by atoms with E-state index in [1.165, 1.54) is 24.8 Å². The molecule has 124 valence electrons. The van der Waals surface area contributed by atoms with Gasteiger partial charge in [0.15, 0.2) is 5.78 Å². The molecule has 0 aliphatic carbocycles. The highest BCUT2D eigenvalue weighted by Crippen LogP contribution is 2.35. The van der Waals surface area contributed by atoms with Gasteiger partial charge in [0.05, 0.1) is 35.4 Å². The van der Waals surface area contributed by atoms with Crippen LogP contribution in [0.4, 0.5) is 5.82 Å². The maximum atomic E-state index is 12.8. The fourth-order valence-corrected chi connectivity index (χ4v) is 3.89. The Balaban J connectivity index is 2.07. The van der Waals surface area contributed by atoms with Crippen LogP contribution in [0.25, 0.3) is 6.08 Å². The number of aromatic nitrogens is 2. The summed E-state index contributed by atoms with van der Waals surface area (Å²) in [6, 6.07) is 4.92. The molecule has 0 N–H and O–H groups in total. The van der Waals surface area contributed by atoms with Gasteiger partial charge in [0, 0.05) is 17.4 Å². The molecular formula is C15H13N3O5S. The van der Waals surface area contributed by atoms with Gasteiger partial charge in [0.25, 0.3) is 0 Å². The molecule has 1 aliphatic rings. The lowest BCUT2D eigenvalue weighted by atomic mass is 10.1. The van der Waals surface area contributed by atoms with Gasteiger partial charge >= 0.3 is 5.82 Å². The number of nitrogens with zero attached hydrogens (tertiary/aromatic N) is 3. The maximum absolute atomic E-state index is 12.8. The van der Waals surface area contributed by atoms with Crippen LogP contribution in [0.15, 0.2) is 34.2 Å². The lowest BCUT2D eigenvalue weighted by Gasteiger charge is -2.18. The predicted octanol–water partition coefficient (Wildman–Crippen LogP) is 2.07. The van der Waals surface area contributed by atoms with Crippen LogP contribution in [0.3, 0.4) is 0 Å². The quantitative estimate of drug-likeness (QED) is 0.622. The molecule has 0 fully saturated rings. The molecule has 1 aliphatic heterocycles. The molecule has 1 aromatic heterocycles. The van der Waals surface area contributed by atoms with Gasteiger partial charge in [0.2, 0.25) is 5.82 Å². The Morgan fingerprint density at radius 1 is 1.46 bits per heavy atom. The normalized spacial score (nSPS) is 18.5. The van der Waals surface area contributed by atoms with Crippen molar-refractivity contribution in [3.8, 4) is 5.75 Å². The number of carbonyl (C=O) groups is 1. The van der Waals surface area contributed by atoms with E-state index in [0.29, 0.717) is 21.1 Å². The molecule has 2 aromatic rings. The lowest BCUT2D eigenvalue weighted by Crippen LogP contribution is -2.16. The first-order valence-corrected chi connectivity index (χ1v) is 8.07. The topological polar surface area (TPSA) is 104 Å². The van der Waals surface area contributed by atoms with Gasteiger partial charge < -0.3 is 14.9 Å². The van der Waals surface area contributed by atoms with Gasteiger partial charge in [-0.1, -0.05) is 6.07 Å². The summed E-state index contributed by atoms with van der Waals surface area (Å²) in [5.41, 5.74) is 0.321. The molecule has 2 heterocycles. The molecule has 1 atom stereocenters. The summed E-state index contributed by atoms with van der Waals surface area (Å²) in [5, 5.41) is 10.9. The number of nitro groups is 1. The first-order chi connectivity index (χ1) is 11.4. The number of rotatable bonds is 3. The highest BCUT2D eigenvalue weighted by atomic mass is 32.2. The predicted molar refractivity (Wildman–Crippen MR) is 86.2 cm³/mol. The number of imidazole rings is 1. The van der Waals surface area contributed by atoms with Crippen molar-refractivity contribution in [1.82, 2.24) is 9.55 Å². The Bertz CT molecular complexity index is 916. The fraction of sp³-hybridized carbons (Fsp3) is 0.200. The minimum absolute atomic E-state index is 0.0549. The SMILES string of the molecule is COc1cccc2c1C(=O)C/C(=C/c1ncc([N+](=O)[O-])n1C)S2=O.